The summed E-state index contributed by atoms with van der Waals surface area (Å²) in [7, 11) is -3.56. The second kappa shape index (κ2) is 9.06. The first kappa shape index (κ1) is 23.4. The average Bonchev–Trinajstić information content (AvgIpc) is 2.88. The monoisotopic (exact) mass is 445 g/mol. The van der Waals surface area contributed by atoms with E-state index < -0.39 is 16.1 Å². The Balaban J connectivity index is 1.75. The lowest BCUT2D eigenvalue weighted by Gasteiger charge is -2.26. The van der Waals surface area contributed by atoms with E-state index in [1.165, 1.54) is 11.2 Å². The smallest absolute Gasteiger partial charge is 0.243 e. The van der Waals surface area contributed by atoms with Crippen molar-refractivity contribution in [2.45, 2.75) is 52.0 Å². The van der Waals surface area contributed by atoms with Crippen LogP contribution in [-0.2, 0) is 10.0 Å². The van der Waals surface area contributed by atoms with E-state index in [0.29, 0.717) is 60.0 Å². The summed E-state index contributed by atoms with van der Waals surface area (Å²) in [5.74, 6) is -0.146. The predicted molar refractivity (Wildman–Crippen MR) is 120 cm³/mol. The normalized spacial score (nSPS) is 17.3. The fourth-order valence-electron chi connectivity index (χ4n) is 4.30. The van der Waals surface area contributed by atoms with Crippen LogP contribution in [0.3, 0.4) is 0 Å². The Morgan fingerprint density at radius 2 is 1.65 bits per heavy atom. The SMILES string of the molecule is CC(=O)c1c(C)[nH]c(C(=O)C(C)N2CCCN(S(=O)(=O)c3ccc(C)cc3)CC2)c1C. The zero-order valence-electron chi connectivity index (χ0n) is 18.9. The van der Waals surface area contributed by atoms with Gasteiger partial charge in [-0.15, -0.1) is 0 Å². The largest absolute Gasteiger partial charge is 0.355 e. The van der Waals surface area contributed by atoms with Gasteiger partial charge in [-0.3, -0.25) is 14.5 Å². The Kier molecular flexibility index (Phi) is 6.83. The van der Waals surface area contributed by atoms with E-state index in [9.17, 15) is 18.0 Å². The Morgan fingerprint density at radius 3 is 2.23 bits per heavy atom. The van der Waals surface area contributed by atoms with Crippen LogP contribution in [0.5, 0.6) is 0 Å². The third kappa shape index (κ3) is 4.66. The third-order valence-electron chi connectivity index (χ3n) is 6.11. The summed E-state index contributed by atoms with van der Waals surface area (Å²) in [5, 5.41) is 0. The molecule has 168 valence electrons. The number of nitrogens with zero attached hydrogens (tertiary/aromatic N) is 2. The lowest BCUT2D eigenvalue weighted by molar-refractivity contribution is 0.0840. The minimum atomic E-state index is -3.56. The molecule has 0 radical (unpaired) electrons. The lowest BCUT2D eigenvalue weighted by atomic mass is 10.0. The molecule has 0 amide bonds. The highest BCUT2D eigenvalue weighted by atomic mass is 32.2. The average molecular weight is 446 g/mol. The maximum atomic E-state index is 13.2. The number of sulfonamides is 1. The zero-order valence-corrected chi connectivity index (χ0v) is 19.7. The Labute approximate surface area is 184 Å². The van der Waals surface area contributed by atoms with Crippen molar-refractivity contribution < 1.29 is 18.0 Å². The van der Waals surface area contributed by atoms with Gasteiger partial charge in [-0.05, 0) is 58.7 Å². The van der Waals surface area contributed by atoms with E-state index >= 15 is 0 Å². The quantitative estimate of drug-likeness (QED) is 0.690. The second-order valence-corrected chi connectivity index (χ2v) is 10.3. The molecule has 1 aliphatic rings. The summed E-state index contributed by atoms with van der Waals surface area (Å²) in [5.41, 5.74) is 3.42. The first-order chi connectivity index (χ1) is 14.5. The highest BCUT2D eigenvalue weighted by Crippen LogP contribution is 2.23. The van der Waals surface area contributed by atoms with Crippen molar-refractivity contribution in [3.8, 4) is 0 Å². The molecule has 1 N–H and O–H groups in total. The lowest BCUT2D eigenvalue weighted by Crippen LogP contribution is -2.42. The number of hydrogen-bond donors (Lipinski definition) is 1. The van der Waals surface area contributed by atoms with Crippen LogP contribution in [0, 0.1) is 20.8 Å². The van der Waals surface area contributed by atoms with Crippen molar-refractivity contribution in [3.63, 3.8) is 0 Å². The van der Waals surface area contributed by atoms with E-state index in [4.69, 9.17) is 0 Å². The molecule has 2 heterocycles. The van der Waals surface area contributed by atoms with Crippen LogP contribution in [0.2, 0.25) is 0 Å². The molecule has 31 heavy (non-hydrogen) atoms. The van der Waals surface area contributed by atoms with Gasteiger partial charge in [-0.1, -0.05) is 17.7 Å². The van der Waals surface area contributed by atoms with Gasteiger partial charge < -0.3 is 4.98 Å². The van der Waals surface area contributed by atoms with Crippen LogP contribution in [-0.4, -0.2) is 66.4 Å². The Bertz CT molecular complexity index is 1090. The topological polar surface area (TPSA) is 90.6 Å². The van der Waals surface area contributed by atoms with Crippen molar-refractivity contribution >= 4 is 21.6 Å². The zero-order chi connectivity index (χ0) is 22.9. The molecule has 1 atom stereocenters. The van der Waals surface area contributed by atoms with Crippen molar-refractivity contribution in [1.82, 2.24) is 14.2 Å². The predicted octanol–water partition coefficient (Wildman–Crippen LogP) is 3.11. The van der Waals surface area contributed by atoms with Gasteiger partial charge in [0, 0.05) is 37.4 Å². The molecule has 3 rings (SSSR count). The van der Waals surface area contributed by atoms with Gasteiger partial charge in [0.15, 0.2) is 11.6 Å². The maximum absolute atomic E-state index is 13.2. The molecule has 1 aromatic heterocycles. The number of aromatic amines is 1. The van der Waals surface area contributed by atoms with Crippen molar-refractivity contribution in [3.05, 3.63) is 52.3 Å². The highest BCUT2D eigenvalue weighted by Gasteiger charge is 2.31. The molecule has 0 bridgehead atoms. The fraction of sp³-hybridized carbons (Fsp3) is 0.478. The summed E-state index contributed by atoms with van der Waals surface area (Å²) in [6.07, 6.45) is 0.643. The van der Waals surface area contributed by atoms with Gasteiger partial charge in [0.05, 0.1) is 16.6 Å². The number of nitrogens with one attached hydrogen (secondary N) is 1. The van der Waals surface area contributed by atoms with Crippen LogP contribution in [0.15, 0.2) is 29.2 Å². The number of H-pyrrole nitrogens is 1. The van der Waals surface area contributed by atoms with Crippen molar-refractivity contribution in [2.24, 2.45) is 0 Å². The molecule has 7 nitrogen and oxygen atoms in total. The van der Waals surface area contributed by atoms with E-state index in [2.05, 4.69) is 4.98 Å². The summed E-state index contributed by atoms with van der Waals surface area (Å²) >= 11 is 0. The van der Waals surface area contributed by atoms with Gasteiger partial charge in [0.1, 0.15) is 0 Å². The van der Waals surface area contributed by atoms with Crippen molar-refractivity contribution in [2.75, 3.05) is 26.2 Å². The van der Waals surface area contributed by atoms with Crippen LogP contribution in [0.25, 0.3) is 0 Å². The fourth-order valence-corrected chi connectivity index (χ4v) is 5.77. The first-order valence-electron chi connectivity index (χ1n) is 10.6. The van der Waals surface area contributed by atoms with Crippen LogP contribution < -0.4 is 0 Å². The van der Waals surface area contributed by atoms with Crippen LogP contribution in [0.4, 0.5) is 0 Å². The van der Waals surface area contributed by atoms with Gasteiger partial charge in [0.25, 0.3) is 0 Å². The van der Waals surface area contributed by atoms with Crippen molar-refractivity contribution in [1.29, 1.82) is 0 Å². The van der Waals surface area contributed by atoms with E-state index in [1.54, 1.807) is 38.1 Å². The molecule has 1 aliphatic heterocycles. The summed E-state index contributed by atoms with van der Waals surface area (Å²) in [6.45, 7) is 10.7. The maximum Gasteiger partial charge on any atom is 0.243 e. The van der Waals surface area contributed by atoms with Gasteiger partial charge in [-0.2, -0.15) is 4.31 Å². The number of benzene rings is 1. The highest BCUT2D eigenvalue weighted by molar-refractivity contribution is 7.89. The number of hydrogen-bond acceptors (Lipinski definition) is 5. The summed E-state index contributed by atoms with van der Waals surface area (Å²) < 4.78 is 27.6. The minimum Gasteiger partial charge on any atom is -0.355 e. The number of carbonyl (C=O) groups is 2. The van der Waals surface area contributed by atoms with Gasteiger partial charge >= 0.3 is 0 Å². The molecule has 1 aromatic carbocycles. The minimum absolute atomic E-state index is 0.0651. The Hall–Kier alpha value is -2.29. The molecule has 1 unspecified atom stereocenters. The summed E-state index contributed by atoms with van der Waals surface area (Å²) in [4.78, 5) is 30.5. The number of Topliss-reactive ketones (excluding diaryl/α,β-unsaturated/α-hetero) is 2. The molecular weight excluding hydrogens is 414 g/mol. The van der Waals surface area contributed by atoms with Gasteiger partial charge in [-0.25, -0.2) is 8.42 Å². The molecule has 1 saturated heterocycles. The third-order valence-corrected chi connectivity index (χ3v) is 8.02. The molecule has 2 aromatic rings. The number of aryl methyl sites for hydroxylation is 2. The number of rotatable bonds is 6. The molecule has 0 spiro atoms. The number of carbonyl (C=O) groups excluding carboxylic acids is 2. The van der Waals surface area contributed by atoms with E-state index in [-0.39, 0.29) is 11.6 Å². The first-order valence-corrected chi connectivity index (χ1v) is 12.0. The van der Waals surface area contributed by atoms with Gasteiger partial charge in [0.2, 0.25) is 10.0 Å². The second-order valence-electron chi connectivity index (χ2n) is 8.33. The van der Waals surface area contributed by atoms with Crippen LogP contribution >= 0.6 is 0 Å². The molecule has 0 aliphatic carbocycles. The molecule has 1 fully saturated rings. The molecule has 8 heteroatoms. The standard InChI is InChI=1S/C23H31N3O4S/c1-15-7-9-20(10-8-15)31(29,30)26-12-6-11-25(13-14-26)18(4)23(28)22-16(2)21(19(5)27)17(3)24-22/h7-10,18,24H,6,11-14H2,1-5H3. The number of ketones is 2. The Morgan fingerprint density at radius 1 is 1.00 bits per heavy atom. The van der Waals surface area contributed by atoms with E-state index in [1.807, 2.05) is 18.7 Å². The number of aromatic nitrogens is 1. The van der Waals surface area contributed by atoms with Crippen LogP contribution in [0.1, 0.15) is 57.9 Å². The molecule has 0 saturated carbocycles. The molecular formula is C23H31N3O4S. The summed E-state index contributed by atoms with van der Waals surface area (Å²) in [6, 6.07) is 6.46. The van der Waals surface area contributed by atoms with E-state index in [0.717, 1.165) is 5.56 Å².